The maximum atomic E-state index is 11.8. The van der Waals surface area contributed by atoms with Crippen LogP contribution in [0, 0.1) is 6.92 Å². The molecule has 1 saturated carbocycles. The van der Waals surface area contributed by atoms with E-state index in [0.717, 1.165) is 19.3 Å². The van der Waals surface area contributed by atoms with Gasteiger partial charge in [0.15, 0.2) is 9.84 Å². The normalized spacial score (nSPS) is 25.4. The molecule has 0 amide bonds. The van der Waals surface area contributed by atoms with Crippen LogP contribution in [0.15, 0.2) is 24.3 Å². The summed E-state index contributed by atoms with van der Waals surface area (Å²) >= 11 is 0. The van der Waals surface area contributed by atoms with Crippen molar-refractivity contribution in [2.75, 3.05) is 6.26 Å². The molecule has 19 heavy (non-hydrogen) atoms. The Morgan fingerprint density at radius 3 is 2.58 bits per heavy atom. The Labute approximate surface area is 116 Å². The van der Waals surface area contributed by atoms with Gasteiger partial charge in [-0.25, -0.2) is 8.42 Å². The number of benzene rings is 1. The maximum Gasteiger partial charge on any atom is 0.151 e. The minimum Gasteiger partial charge on any atom is -0.306 e. The molecular formula is C15H23NO2S. The number of hydrogen-bond acceptors (Lipinski definition) is 3. The SMILES string of the molecule is Cc1ccccc1[C@H](C)NC1CCCC1S(C)(=O)=O. The van der Waals surface area contributed by atoms with Crippen molar-refractivity contribution in [3.8, 4) is 0 Å². The van der Waals surface area contributed by atoms with E-state index in [1.807, 2.05) is 12.1 Å². The van der Waals surface area contributed by atoms with Gasteiger partial charge in [-0.3, -0.25) is 0 Å². The summed E-state index contributed by atoms with van der Waals surface area (Å²) in [5.74, 6) is 0. The number of aryl methyl sites for hydroxylation is 1. The van der Waals surface area contributed by atoms with Crippen molar-refractivity contribution in [3.63, 3.8) is 0 Å². The van der Waals surface area contributed by atoms with E-state index in [-0.39, 0.29) is 17.3 Å². The summed E-state index contributed by atoms with van der Waals surface area (Å²) in [6.45, 7) is 4.20. The van der Waals surface area contributed by atoms with E-state index >= 15 is 0 Å². The highest BCUT2D eigenvalue weighted by atomic mass is 32.2. The Balaban J connectivity index is 2.11. The summed E-state index contributed by atoms with van der Waals surface area (Å²) in [4.78, 5) is 0. The first kappa shape index (κ1) is 14.5. The minimum atomic E-state index is -2.95. The van der Waals surface area contributed by atoms with Crippen molar-refractivity contribution in [2.45, 2.75) is 50.4 Å². The summed E-state index contributed by atoms with van der Waals surface area (Å²) < 4.78 is 23.6. The molecular weight excluding hydrogens is 258 g/mol. The highest BCUT2D eigenvalue weighted by molar-refractivity contribution is 7.91. The van der Waals surface area contributed by atoms with E-state index in [9.17, 15) is 8.42 Å². The Hall–Kier alpha value is -0.870. The van der Waals surface area contributed by atoms with Crippen molar-refractivity contribution in [1.82, 2.24) is 5.32 Å². The van der Waals surface area contributed by atoms with E-state index in [1.165, 1.54) is 17.4 Å². The first-order valence-electron chi connectivity index (χ1n) is 6.90. The van der Waals surface area contributed by atoms with Crippen molar-refractivity contribution in [2.24, 2.45) is 0 Å². The predicted molar refractivity (Wildman–Crippen MR) is 79.0 cm³/mol. The summed E-state index contributed by atoms with van der Waals surface area (Å²) in [5.41, 5.74) is 2.50. The van der Waals surface area contributed by atoms with E-state index < -0.39 is 9.84 Å². The maximum absolute atomic E-state index is 11.8. The third-order valence-electron chi connectivity index (χ3n) is 4.12. The highest BCUT2D eigenvalue weighted by Gasteiger charge is 2.35. The smallest absolute Gasteiger partial charge is 0.151 e. The number of rotatable bonds is 4. The lowest BCUT2D eigenvalue weighted by Crippen LogP contribution is -2.41. The van der Waals surface area contributed by atoms with Gasteiger partial charge < -0.3 is 5.32 Å². The van der Waals surface area contributed by atoms with Gasteiger partial charge in [0.05, 0.1) is 5.25 Å². The molecule has 0 aromatic heterocycles. The van der Waals surface area contributed by atoms with Crippen LogP contribution in [0.4, 0.5) is 0 Å². The monoisotopic (exact) mass is 281 g/mol. The average Bonchev–Trinajstić information content (AvgIpc) is 2.77. The largest absolute Gasteiger partial charge is 0.306 e. The molecule has 1 aliphatic carbocycles. The van der Waals surface area contributed by atoms with Gasteiger partial charge in [0.1, 0.15) is 0 Å². The average molecular weight is 281 g/mol. The topological polar surface area (TPSA) is 46.2 Å². The Bertz CT molecular complexity index is 539. The zero-order valence-corrected chi connectivity index (χ0v) is 12.7. The Kier molecular flexibility index (Phi) is 4.31. The Morgan fingerprint density at radius 1 is 1.26 bits per heavy atom. The third kappa shape index (κ3) is 3.37. The van der Waals surface area contributed by atoms with E-state index in [0.29, 0.717) is 0 Å². The predicted octanol–water partition coefficient (Wildman–Crippen LogP) is 2.61. The van der Waals surface area contributed by atoms with E-state index in [1.54, 1.807) is 0 Å². The fourth-order valence-corrected chi connectivity index (χ4v) is 4.52. The molecule has 0 radical (unpaired) electrons. The molecule has 106 valence electrons. The minimum absolute atomic E-state index is 0.0876. The van der Waals surface area contributed by atoms with Crippen LogP contribution < -0.4 is 5.32 Å². The van der Waals surface area contributed by atoms with E-state index in [4.69, 9.17) is 0 Å². The van der Waals surface area contributed by atoms with Crippen molar-refractivity contribution >= 4 is 9.84 Å². The van der Waals surface area contributed by atoms with Crippen molar-refractivity contribution in [3.05, 3.63) is 35.4 Å². The molecule has 4 heteroatoms. The van der Waals surface area contributed by atoms with Gasteiger partial charge >= 0.3 is 0 Å². The van der Waals surface area contributed by atoms with Gasteiger partial charge in [-0.05, 0) is 37.8 Å². The lowest BCUT2D eigenvalue weighted by atomic mass is 10.0. The van der Waals surface area contributed by atoms with Crippen LogP contribution >= 0.6 is 0 Å². The second kappa shape index (κ2) is 5.63. The van der Waals surface area contributed by atoms with Crippen molar-refractivity contribution in [1.29, 1.82) is 0 Å². The number of sulfone groups is 1. The molecule has 1 aromatic rings. The first-order valence-corrected chi connectivity index (χ1v) is 8.85. The molecule has 1 fully saturated rings. The molecule has 1 N–H and O–H groups in total. The van der Waals surface area contributed by atoms with Crippen molar-refractivity contribution < 1.29 is 8.42 Å². The zero-order chi connectivity index (χ0) is 14.0. The van der Waals surface area contributed by atoms with Gasteiger partial charge in [-0.15, -0.1) is 0 Å². The second-order valence-electron chi connectivity index (χ2n) is 5.65. The van der Waals surface area contributed by atoms with Gasteiger partial charge in [0, 0.05) is 18.3 Å². The summed E-state index contributed by atoms with van der Waals surface area (Å²) in [5, 5.41) is 3.29. The molecule has 1 aliphatic rings. The third-order valence-corrected chi connectivity index (χ3v) is 5.79. The fraction of sp³-hybridized carbons (Fsp3) is 0.600. The van der Waals surface area contributed by atoms with Crippen LogP contribution in [0.5, 0.6) is 0 Å². The molecule has 3 atom stereocenters. The number of hydrogen-bond donors (Lipinski definition) is 1. The first-order chi connectivity index (χ1) is 8.89. The fourth-order valence-electron chi connectivity index (χ4n) is 3.11. The summed E-state index contributed by atoms with van der Waals surface area (Å²) in [6.07, 6.45) is 4.09. The van der Waals surface area contributed by atoms with Gasteiger partial charge in [-0.1, -0.05) is 30.7 Å². The molecule has 0 spiro atoms. The summed E-state index contributed by atoms with van der Waals surface area (Å²) in [6, 6.07) is 8.54. The molecule has 0 bridgehead atoms. The van der Waals surface area contributed by atoms with Gasteiger partial charge in [0.25, 0.3) is 0 Å². The van der Waals surface area contributed by atoms with Crippen LogP contribution in [0.25, 0.3) is 0 Å². The second-order valence-corrected chi connectivity index (χ2v) is 7.91. The molecule has 3 nitrogen and oxygen atoms in total. The standard InChI is InChI=1S/C15H23NO2S/c1-11-7-4-5-8-13(11)12(2)16-14-9-6-10-15(14)19(3,17)18/h4-5,7-8,12,14-16H,6,9-10H2,1-3H3/t12-,14?,15?/m0/s1. The van der Waals surface area contributed by atoms with Crippen LogP contribution in [-0.2, 0) is 9.84 Å². The lowest BCUT2D eigenvalue weighted by molar-refractivity contribution is 0.455. The molecule has 2 unspecified atom stereocenters. The van der Waals surface area contributed by atoms with E-state index in [2.05, 4.69) is 31.3 Å². The zero-order valence-electron chi connectivity index (χ0n) is 11.9. The lowest BCUT2D eigenvalue weighted by Gasteiger charge is -2.25. The van der Waals surface area contributed by atoms with Crippen LogP contribution in [0.3, 0.4) is 0 Å². The van der Waals surface area contributed by atoms with Gasteiger partial charge in [0.2, 0.25) is 0 Å². The highest BCUT2D eigenvalue weighted by Crippen LogP contribution is 2.28. The van der Waals surface area contributed by atoms with Crippen LogP contribution in [0.2, 0.25) is 0 Å². The molecule has 1 aromatic carbocycles. The van der Waals surface area contributed by atoms with Crippen LogP contribution in [0.1, 0.15) is 43.4 Å². The molecule has 2 rings (SSSR count). The van der Waals surface area contributed by atoms with Crippen LogP contribution in [-0.4, -0.2) is 26.0 Å². The molecule has 0 heterocycles. The quantitative estimate of drug-likeness (QED) is 0.923. The molecule has 0 aliphatic heterocycles. The Morgan fingerprint density at radius 2 is 1.95 bits per heavy atom. The number of nitrogens with one attached hydrogen (secondary N) is 1. The van der Waals surface area contributed by atoms with Gasteiger partial charge in [-0.2, -0.15) is 0 Å². The summed E-state index contributed by atoms with van der Waals surface area (Å²) in [7, 11) is -2.95. The molecule has 0 saturated heterocycles.